The monoisotopic (exact) mass is 565 g/mol. The molecule has 11 heteroatoms. The molecule has 4 rings (SSSR count). The molecule has 0 fully saturated rings. The number of furan rings is 1. The molecule has 0 bridgehead atoms. The number of hydrogen-bond donors (Lipinski definition) is 2. The Morgan fingerprint density at radius 2 is 1.65 bits per heavy atom. The molecule has 208 valence electrons. The molecule has 0 spiro atoms. The molecule has 0 saturated heterocycles. The highest BCUT2D eigenvalue weighted by molar-refractivity contribution is 7.92. The highest BCUT2D eigenvalue weighted by Crippen LogP contribution is 2.20. The fraction of sp³-hybridized carbons (Fsp3) is 0.172. The van der Waals surface area contributed by atoms with Crippen LogP contribution in [0, 0.1) is 5.82 Å². The summed E-state index contributed by atoms with van der Waals surface area (Å²) in [6.45, 7) is 1.63. The van der Waals surface area contributed by atoms with Crippen molar-refractivity contribution in [1.29, 1.82) is 0 Å². The summed E-state index contributed by atoms with van der Waals surface area (Å²) in [4.78, 5) is 27.5. The quantitative estimate of drug-likeness (QED) is 0.264. The zero-order valence-corrected chi connectivity index (χ0v) is 22.4. The first-order valence-electron chi connectivity index (χ1n) is 12.4. The van der Waals surface area contributed by atoms with E-state index in [1.165, 1.54) is 47.6 Å². The maximum atomic E-state index is 13.2. The Morgan fingerprint density at radius 1 is 0.950 bits per heavy atom. The SMILES string of the molecule is CC(C(=O)NCc1ccco1)N(Cc1ccccc1)C(=O)COc1ccc(S(=O)(=O)Nc2ccc(F)cc2)cc1. The van der Waals surface area contributed by atoms with E-state index >= 15 is 0 Å². The van der Waals surface area contributed by atoms with Crippen LogP contribution in [0.2, 0.25) is 0 Å². The van der Waals surface area contributed by atoms with Crippen LogP contribution < -0.4 is 14.8 Å². The maximum Gasteiger partial charge on any atom is 0.261 e. The van der Waals surface area contributed by atoms with Gasteiger partial charge in [0.15, 0.2) is 6.61 Å². The number of amides is 2. The predicted molar refractivity (Wildman–Crippen MR) is 146 cm³/mol. The number of rotatable bonds is 12. The van der Waals surface area contributed by atoms with Crippen LogP contribution in [0.25, 0.3) is 0 Å². The third kappa shape index (κ3) is 7.70. The van der Waals surface area contributed by atoms with Crippen LogP contribution in [-0.2, 0) is 32.7 Å². The van der Waals surface area contributed by atoms with Gasteiger partial charge in [0.1, 0.15) is 23.4 Å². The number of halogens is 1. The smallest absolute Gasteiger partial charge is 0.261 e. The number of sulfonamides is 1. The fourth-order valence-corrected chi connectivity index (χ4v) is 4.83. The predicted octanol–water partition coefficient (Wildman–Crippen LogP) is 4.33. The number of ether oxygens (including phenoxy) is 1. The standard InChI is InChI=1S/C29H28FN3O6S/c1-21(29(35)31-18-26-8-5-17-38-26)33(19-22-6-3-2-4-7-22)28(34)20-39-25-13-15-27(16-14-25)40(36,37)32-24-11-9-23(30)10-12-24/h2-17,21,32H,18-20H2,1H3,(H,31,35). The van der Waals surface area contributed by atoms with Gasteiger partial charge in [0, 0.05) is 12.2 Å². The minimum atomic E-state index is -3.92. The minimum absolute atomic E-state index is 0.0388. The Bertz CT molecular complexity index is 1510. The van der Waals surface area contributed by atoms with Gasteiger partial charge < -0.3 is 19.4 Å². The highest BCUT2D eigenvalue weighted by Gasteiger charge is 2.26. The van der Waals surface area contributed by atoms with Crippen LogP contribution in [-0.4, -0.2) is 37.8 Å². The average Bonchev–Trinajstić information content (AvgIpc) is 3.49. The molecule has 0 aliphatic heterocycles. The van der Waals surface area contributed by atoms with Gasteiger partial charge in [0.25, 0.3) is 15.9 Å². The van der Waals surface area contributed by atoms with Crippen molar-refractivity contribution in [2.75, 3.05) is 11.3 Å². The number of nitrogens with one attached hydrogen (secondary N) is 2. The lowest BCUT2D eigenvalue weighted by Crippen LogP contribution is -2.48. The first kappa shape index (κ1) is 28.4. The van der Waals surface area contributed by atoms with Crippen molar-refractivity contribution in [3.05, 3.63) is 114 Å². The third-order valence-electron chi connectivity index (χ3n) is 5.97. The number of anilines is 1. The highest BCUT2D eigenvalue weighted by atomic mass is 32.2. The topological polar surface area (TPSA) is 118 Å². The molecular formula is C29H28FN3O6S. The molecule has 1 unspecified atom stereocenters. The minimum Gasteiger partial charge on any atom is -0.484 e. The van der Waals surface area contributed by atoms with Gasteiger partial charge in [-0.2, -0.15) is 0 Å². The Hall–Kier alpha value is -4.64. The van der Waals surface area contributed by atoms with Crippen LogP contribution in [0.3, 0.4) is 0 Å². The second-order valence-electron chi connectivity index (χ2n) is 8.85. The van der Waals surface area contributed by atoms with Crippen molar-refractivity contribution >= 4 is 27.5 Å². The van der Waals surface area contributed by atoms with Gasteiger partial charge in [-0.15, -0.1) is 0 Å². The summed E-state index contributed by atoms with van der Waals surface area (Å²) in [5.41, 5.74) is 1.05. The van der Waals surface area contributed by atoms with Crippen molar-refractivity contribution in [3.63, 3.8) is 0 Å². The molecule has 1 heterocycles. The molecule has 2 N–H and O–H groups in total. The van der Waals surface area contributed by atoms with Gasteiger partial charge in [-0.05, 0) is 73.2 Å². The molecule has 0 aliphatic rings. The summed E-state index contributed by atoms with van der Waals surface area (Å²) in [6.07, 6.45) is 1.51. The van der Waals surface area contributed by atoms with Gasteiger partial charge in [-0.1, -0.05) is 30.3 Å². The van der Waals surface area contributed by atoms with Crippen LogP contribution in [0.5, 0.6) is 5.75 Å². The second-order valence-corrected chi connectivity index (χ2v) is 10.5. The van der Waals surface area contributed by atoms with E-state index < -0.39 is 27.8 Å². The van der Waals surface area contributed by atoms with Gasteiger partial charge in [0.2, 0.25) is 5.91 Å². The van der Waals surface area contributed by atoms with E-state index in [1.54, 1.807) is 19.1 Å². The lowest BCUT2D eigenvalue weighted by atomic mass is 10.1. The second kappa shape index (κ2) is 12.9. The van der Waals surface area contributed by atoms with Gasteiger partial charge in [0.05, 0.1) is 17.7 Å². The molecule has 9 nitrogen and oxygen atoms in total. The number of nitrogens with zero attached hydrogens (tertiary/aromatic N) is 1. The molecule has 1 atom stereocenters. The summed E-state index contributed by atoms with van der Waals surface area (Å²) < 4.78 is 51.7. The summed E-state index contributed by atoms with van der Waals surface area (Å²) >= 11 is 0. The van der Waals surface area contributed by atoms with Crippen LogP contribution in [0.15, 0.2) is 107 Å². The van der Waals surface area contributed by atoms with E-state index in [0.717, 1.165) is 17.7 Å². The molecule has 1 aromatic heterocycles. The molecule has 3 aromatic carbocycles. The summed E-state index contributed by atoms with van der Waals surface area (Å²) in [6, 6.07) is 22.3. The third-order valence-corrected chi connectivity index (χ3v) is 7.37. The maximum absolute atomic E-state index is 13.2. The lowest BCUT2D eigenvalue weighted by molar-refractivity contribution is -0.142. The van der Waals surface area contributed by atoms with Crippen molar-refractivity contribution in [1.82, 2.24) is 10.2 Å². The molecule has 4 aromatic rings. The number of carbonyl (C=O) groups is 2. The van der Waals surface area contributed by atoms with Crippen molar-refractivity contribution in [3.8, 4) is 5.75 Å². The van der Waals surface area contributed by atoms with Gasteiger partial charge >= 0.3 is 0 Å². The number of benzene rings is 3. The van der Waals surface area contributed by atoms with Crippen molar-refractivity contribution < 1.29 is 31.6 Å². The van der Waals surface area contributed by atoms with E-state index in [0.29, 0.717) is 5.76 Å². The van der Waals surface area contributed by atoms with E-state index in [1.807, 2.05) is 30.3 Å². The van der Waals surface area contributed by atoms with Crippen LogP contribution in [0.4, 0.5) is 10.1 Å². The summed E-state index contributed by atoms with van der Waals surface area (Å²) in [5, 5.41) is 2.77. The Morgan fingerprint density at radius 3 is 2.30 bits per heavy atom. The van der Waals surface area contributed by atoms with Crippen LogP contribution >= 0.6 is 0 Å². The fourth-order valence-electron chi connectivity index (χ4n) is 3.77. The van der Waals surface area contributed by atoms with Crippen LogP contribution in [0.1, 0.15) is 18.2 Å². The van der Waals surface area contributed by atoms with E-state index in [-0.39, 0.29) is 41.9 Å². The van der Waals surface area contributed by atoms with E-state index in [2.05, 4.69) is 10.0 Å². The molecular weight excluding hydrogens is 537 g/mol. The van der Waals surface area contributed by atoms with Crippen molar-refractivity contribution in [2.24, 2.45) is 0 Å². The van der Waals surface area contributed by atoms with Gasteiger partial charge in [-0.25, -0.2) is 12.8 Å². The van der Waals surface area contributed by atoms with E-state index in [4.69, 9.17) is 9.15 Å². The number of carbonyl (C=O) groups excluding carboxylic acids is 2. The van der Waals surface area contributed by atoms with Gasteiger partial charge in [-0.3, -0.25) is 14.3 Å². The Balaban J connectivity index is 1.40. The molecule has 2 amide bonds. The van der Waals surface area contributed by atoms with E-state index in [9.17, 15) is 22.4 Å². The zero-order chi connectivity index (χ0) is 28.5. The Kier molecular flexibility index (Phi) is 9.18. The first-order valence-corrected chi connectivity index (χ1v) is 13.8. The lowest BCUT2D eigenvalue weighted by Gasteiger charge is -2.28. The molecule has 0 radical (unpaired) electrons. The summed E-state index contributed by atoms with van der Waals surface area (Å²) in [5.74, 6) is -0.417. The largest absolute Gasteiger partial charge is 0.484 e. The molecule has 0 saturated carbocycles. The zero-order valence-electron chi connectivity index (χ0n) is 21.6. The molecule has 40 heavy (non-hydrogen) atoms. The van der Waals surface area contributed by atoms with Crippen molar-refractivity contribution in [2.45, 2.75) is 31.0 Å². The first-order chi connectivity index (χ1) is 19.2. The Labute approximate surface area is 231 Å². The average molecular weight is 566 g/mol. The molecule has 0 aliphatic carbocycles. The summed E-state index contributed by atoms with van der Waals surface area (Å²) in [7, 11) is -3.92. The normalized spacial score (nSPS) is 11.8. The number of hydrogen-bond acceptors (Lipinski definition) is 6.